The quantitative estimate of drug-likeness (QED) is 0.750. The number of benzene rings is 1. The minimum atomic E-state index is -1.04. The van der Waals surface area contributed by atoms with Crippen molar-refractivity contribution in [1.82, 2.24) is 10.2 Å². The lowest BCUT2D eigenvalue weighted by atomic mass is 9.96. The third-order valence-electron chi connectivity index (χ3n) is 4.58. The number of carboxylic acids is 1. The van der Waals surface area contributed by atoms with Crippen molar-refractivity contribution in [2.75, 3.05) is 18.4 Å². The zero-order chi connectivity index (χ0) is 19.3. The minimum Gasteiger partial charge on any atom is -0.480 e. The maximum absolute atomic E-state index is 12.5. The molecule has 1 heterocycles. The third kappa shape index (κ3) is 5.21. The number of aryl methyl sites for hydroxylation is 1. The van der Waals surface area contributed by atoms with Crippen molar-refractivity contribution in [1.29, 1.82) is 0 Å². The molecule has 0 aliphatic carbocycles. The molecule has 0 spiro atoms. The van der Waals surface area contributed by atoms with Crippen LogP contribution < -0.4 is 10.6 Å². The number of carbonyl (C=O) groups excluding carboxylic acids is 2. The Bertz CT molecular complexity index is 675. The van der Waals surface area contributed by atoms with Crippen molar-refractivity contribution in [3.05, 3.63) is 29.8 Å². The summed E-state index contributed by atoms with van der Waals surface area (Å²) in [6.07, 6.45) is 1.35. The number of likely N-dealkylation sites (tertiary alicyclic amines) is 1. The van der Waals surface area contributed by atoms with Gasteiger partial charge in [0.15, 0.2) is 0 Å². The van der Waals surface area contributed by atoms with Crippen molar-refractivity contribution in [2.24, 2.45) is 11.8 Å². The van der Waals surface area contributed by atoms with Gasteiger partial charge in [0.05, 0.1) is 5.92 Å². The van der Waals surface area contributed by atoms with E-state index >= 15 is 0 Å². The van der Waals surface area contributed by atoms with E-state index in [4.69, 9.17) is 0 Å². The Labute approximate surface area is 153 Å². The number of nitrogens with one attached hydrogen (secondary N) is 2. The molecule has 1 fully saturated rings. The summed E-state index contributed by atoms with van der Waals surface area (Å²) < 4.78 is 0. The molecule has 1 saturated heterocycles. The Balaban J connectivity index is 1.96. The number of anilines is 1. The van der Waals surface area contributed by atoms with Crippen LogP contribution in [0.25, 0.3) is 0 Å². The molecular formula is C19H27N3O4. The molecule has 0 saturated carbocycles. The Kier molecular flexibility index (Phi) is 6.60. The topological polar surface area (TPSA) is 98.7 Å². The van der Waals surface area contributed by atoms with E-state index in [1.807, 2.05) is 31.2 Å². The molecule has 7 nitrogen and oxygen atoms in total. The highest BCUT2D eigenvalue weighted by Crippen LogP contribution is 2.19. The predicted molar refractivity (Wildman–Crippen MR) is 98.9 cm³/mol. The average molecular weight is 361 g/mol. The van der Waals surface area contributed by atoms with Crippen molar-refractivity contribution in [2.45, 2.75) is 39.7 Å². The highest BCUT2D eigenvalue weighted by atomic mass is 16.4. The lowest BCUT2D eigenvalue weighted by Gasteiger charge is -2.33. The van der Waals surface area contributed by atoms with Crippen LogP contribution in [0.15, 0.2) is 24.3 Å². The molecule has 0 bridgehead atoms. The molecule has 26 heavy (non-hydrogen) atoms. The summed E-state index contributed by atoms with van der Waals surface area (Å²) in [5.41, 5.74) is 1.76. The predicted octanol–water partition coefficient (Wildman–Crippen LogP) is 2.46. The first-order valence-electron chi connectivity index (χ1n) is 8.93. The Morgan fingerprint density at radius 1 is 1.27 bits per heavy atom. The fourth-order valence-corrected chi connectivity index (χ4v) is 3.09. The van der Waals surface area contributed by atoms with Crippen LogP contribution in [-0.2, 0) is 9.59 Å². The Hall–Kier alpha value is -2.57. The van der Waals surface area contributed by atoms with Crippen LogP contribution in [0.2, 0.25) is 0 Å². The second kappa shape index (κ2) is 8.69. The number of nitrogens with zero attached hydrogens (tertiary/aromatic N) is 1. The van der Waals surface area contributed by atoms with E-state index in [9.17, 15) is 19.5 Å². The maximum Gasteiger partial charge on any atom is 0.326 e. The number of rotatable bonds is 5. The molecule has 7 heteroatoms. The van der Waals surface area contributed by atoms with Crippen molar-refractivity contribution in [3.8, 4) is 0 Å². The third-order valence-corrected chi connectivity index (χ3v) is 4.58. The van der Waals surface area contributed by atoms with E-state index in [1.165, 1.54) is 0 Å². The van der Waals surface area contributed by atoms with E-state index < -0.39 is 17.9 Å². The van der Waals surface area contributed by atoms with E-state index in [0.29, 0.717) is 25.1 Å². The molecule has 3 N–H and O–H groups in total. The first-order chi connectivity index (χ1) is 12.3. The second-order valence-corrected chi connectivity index (χ2v) is 7.15. The molecule has 0 aromatic heterocycles. The molecule has 2 rings (SSSR count). The van der Waals surface area contributed by atoms with E-state index in [-0.39, 0.29) is 24.4 Å². The SMILES string of the molecule is Cc1cccc(NC(=O)N2CCCC(C(=O)N[C@@H](C(=O)O)C(C)C)C2)c1. The number of hydrogen-bond donors (Lipinski definition) is 3. The van der Waals surface area contributed by atoms with Crippen LogP contribution in [0, 0.1) is 18.8 Å². The highest BCUT2D eigenvalue weighted by Gasteiger charge is 2.32. The van der Waals surface area contributed by atoms with Gasteiger partial charge in [-0.15, -0.1) is 0 Å². The van der Waals surface area contributed by atoms with Crippen molar-refractivity contribution < 1.29 is 19.5 Å². The van der Waals surface area contributed by atoms with Gasteiger partial charge in [-0.05, 0) is 43.4 Å². The molecule has 1 aliphatic heterocycles. The minimum absolute atomic E-state index is 0.208. The monoisotopic (exact) mass is 361 g/mol. The molecule has 0 radical (unpaired) electrons. The van der Waals surface area contributed by atoms with Crippen LogP contribution >= 0.6 is 0 Å². The van der Waals surface area contributed by atoms with Gasteiger partial charge in [-0.3, -0.25) is 4.79 Å². The van der Waals surface area contributed by atoms with Gasteiger partial charge < -0.3 is 20.6 Å². The van der Waals surface area contributed by atoms with Crippen LogP contribution in [0.3, 0.4) is 0 Å². The summed E-state index contributed by atoms with van der Waals surface area (Å²) in [7, 11) is 0. The zero-order valence-electron chi connectivity index (χ0n) is 15.5. The molecule has 1 unspecified atom stereocenters. The summed E-state index contributed by atoms with van der Waals surface area (Å²) in [5.74, 6) is -1.95. The van der Waals surface area contributed by atoms with Gasteiger partial charge in [-0.25, -0.2) is 9.59 Å². The van der Waals surface area contributed by atoms with Gasteiger partial charge >= 0.3 is 12.0 Å². The van der Waals surface area contributed by atoms with E-state index in [2.05, 4.69) is 10.6 Å². The zero-order valence-corrected chi connectivity index (χ0v) is 15.5. The fraction of sp³-hybridized carbons (Fsp3) is 0.526. The molecule has 142 valence electrons. The number of carbonyl (C=O) groups is 3. The largest absolute Gasteiger partial charge is 0.480 e. The summed E-state index contributed by atoms with van der Waals surface area (Å²) in [5, 5.41) is 14.7. The fourth-order valence-electron chi connectivity index (χ4n) is 3.09. The summed E-state index contributed by atoms with van der Waals surface area (Å²) in [6.45, 7) is 6.31. The smallest absolute Gasteiger partial charge is 0.326 e. The summed E-state index contributed by atoms with van der Waals surface area (Å²) in [4.78, 5) is 37.8. The number of amides is 3. The number of aliphatic carboxylic acids is 1. The second-order valence-electron chi connectivity index (χ2n) is 7.15. The normalized spacial score (nSPS) is 18.3. The average Bonchev–Trinajstić information content (AvgIpc) is 2.59. The lowest BCUT2D eigenvalue weighted by Crippen LogP contribution is -2.51. The van der Waals surface area contributed by atoms with Gasteiger partial charge in [-0.1, -0.05) is 26.0 Å². The van der Waals surface area contributed by atoms with Gasteiger partial charge in [0, 0.05) is 18.8 Å². The van der Waals surface area contributed by atoms with Gasteiger partial charge in [0.2, 0.25) is 5.91 Å². The number of piperidine rings is 1. The van der Waals surface area contributed by atoms with E-state index in [0.717, 1.165) is 5.56 Å². The van der Waals surface area contributed by atoms with Gasteiger partial charge in [0.25, 0.3) is 0 Å². The van der Waals surface area contributed by atoms with E-state index in [1.54, 1.807) is 18.7 Å². The van der Waals surface area contributed by atoms with Crippen LogP contribution in [0.5, 0.6) is 0 Å². The van der Waals surface area contributed by atoms with Crippen molar-refractivity contribution in [3.63, 3.8) is 0 Å². The number of hydrogen-bond acceptors (Lipinski definition) is 3. The summed E-state index contributed by atoms with van der Waals surface area (Å²) >= 11 is 0. The van der Waals surface area contributed by atoms with Gasteiger partial charge in [0.1, 0.15) is 6.04 Å². The molecule has 2 atom stereocenters. The first-order valence-corrected chi connectivity index (χ1v) is 8.93. The lowest BCUT2D eigenvalue weighted by molar-refractivity contribution is -0.144. The standard InChI is InChI=1S/C19H27N3O4/c1-12(2)16(18(24)25)21-17(23)14-7-5-9-22(11-14)19(26)20-15-8-4-6-13(3)10-15/h4,6,8,10,12,14,16H,5,7,9,11H2,1-3H3,(H,20,26)(H,21,23)(H,24,25)/t14?,16-/m1/s1. The van der Waals surface area contributed by atoms with Crippen LogP contribution in [0.1, 0.15) is 32.3 Å². The number of urea groups is 1. The molecule has 1 aliphatic rings. The van der Waals surface area contributed by atoms with Crippen LogP contribution in [-0.4, -0.2) is 47.0 Å². The summed E-state index contributed by atoms with van der Waals surface area (Å²) in [6, 6.07) is 6.36. The molecular weight excluding hydrogens is 334 g/mol. The van der Waals surface area contributed by atoms with Crippen molar-refractivity contribution >= 4 is 23.6 Å². The molecule has 1 aromatic rings. The van der Waals surface area contributed by atoms with Crippen LogP contribution in [0.4, 0.5) is 10.5 Å². The Morgan fingerprint density at radius 2 is 2.00 bits per heavy atom. The molecule has 1 aromatic carbocycles. The first kappa shape index (κ1) is 19.8. The number of carboxylic acid groups (broad SMARTS) is 1. The van der Waals surface area contributed by atoms with Gasteiger partial charge in [-0.2, -0.15) is 0 Å². The molecule has 3 amide bonds. The highest BCUT2D eigenvalue weighted by molar-refractivity contribution is 5.90. The maximum atomic E-state index is 12.5. The Morgan fingerprint density at radius 3 is 2.62 bits per heavy atom.